The second-order valence-corrected chi connectivity index (χ2v) is 6.80. The second kappa shape index (κ2) is 18.6. The highest BCUT2D eigenvalue weighted by molar-refractivity contribution is 5.70. The first-order chi connectivity index (χ1) is 14.9. The van der Waals surface area contributed by atoms with Crippen LogP contribution in [0.5, 0.6) is 0 Å². The lowest BCUT2D eigenvalue weighted by Gasteiger charge is -2.25. The van der Waals surface area contributed by atoms with Gasteiger partial charge in [0, 0.05) is 26.2 Å². The van der Waals surface area contributed by atoms with Crippen LogP contribution < -0.4 is 0 Å². The Hall–Kier alpha value is -2.20. The Bertz CT molecular complexity index is 495. The molecule has 0 N–H and O–H groups in total. The molecule has 0 aromatic heterocycles. The van der Waals surface area contributed by atoms with Crippen molar-refractivity contribution in [1.29, 1.82) is 0 Å². The predicted octanol–water partition coefficient (Wildman–Crippen LogP) is 1.01. The van der Waals surface area contributed by atoms with Crippen molar-refractivity contribution < 1.29 is 38.1 Å². The van der Waals surface area contributed by atoms with Crippen molar-refractivity contribution in [2.75, 3.05) is 66.7 Å². The summed E-state index contributed by atoms with van der Waals surface area (Å²) >= 11 is 0. The third-order valence-corrected chi connectivity index (χ3v) is 4.54. The summed E-state index contributed by atoms with van der Waals surface area (Å²) in [6.07, 6.45) is 1.67. The van der Waals surface area contributed by atoms with E-state index in [4.69, 9.17) is 18.9 Å². The van der Waals surface area contributed by atoms with Gasteiger partial charge in [0.25, 0.3) is 0 Å². The van der Waals surface area contributed by atoms with E-state index < -0.39 is 0 Å². The Morgan fingerprint density at radius 2 is 0.871 bits per heavy atom. The number of hydrogen-bond donors (Lipinski definition) is 0. The van der Waals surface area contributed by atoms with Crippen LogP contribution >= 0.6 is 0 Å². The monoisotopic (exact) mass is 446 g/mol. The molecule has 0 radical (unpaired) electrons. The summed E-state index contributed by atoms with van der Waals surface area (Å²) < 4.78 is 19.3. The fourth-order valence-electron chi connectivity index (χ4n) is 2.86. The third-order valence-electron chi connectivity index (χ3n) is 4.54. The minimum Gasteiger partial charge on any atom is -0.469 e. The minimum atomic E-state index is -0.310. The second-order valence-electron chi connectivity index (χ2n) is 6.80. The molecule has 0 saturated carbocycles. The van der Waals surface area contributed by atoms with E-state index in [9.17, 15) is 19.2 Å². The normalized spacial score (nSPS) is 10.8. The highest BCUT2D eigenvalue weighted by Gasteiger charge is 2.14. The molecule has 180 valence electrons. The molecular weight excluding hydrogens is 408 g/mol. The Morgan fingerprint density at radius 1 is 0.548 bits per heavy atom. The van der Waals surface area contributed by atoms with Gasteiger partial charge in [-0.2, -0.15) is 0 Å². The molecule has 31 heavy (non-hydrogen) atoms. The number of carbonyl (C=O) groups excluding carboxylic acids is 4. The third kappa shape index (κ3) is 16.2. The van der Waals surface area contributed by atoms with Gasteiger partial charge in [-0.3, -0.25) is 19.2 Å². The zero-order valence-electron chi connectivity index (χ0n) is 19.4. The molecule has 0 bridgehead atoms. The van der Waals surface area contributed by atoms with E-state index in [2.05, 4.69) is 0 Å². The van der Waals surface area contributed by atoms with Crippen molar-refractivity contribution in [3.05, 3.63) is 0 Å². The number of hydrogen-bond acceptors (Lipinski definition) is 10. The zero-order chi connectivity index (χ0) is 23.5. The number of rotatable bonds is 18. The molecule has 0 saturated heterocycles. The maximum absolute atomic E-state index is 11.7. The summed E-state index contributed by atoms with van der Waals surface area (Å²) in [7, 11) is 2.68. The summed E-state index contributed by atoms with van der Waals surface area (Å²) in [5.74, 6) is -1.18. The molecule has 0 spiro atoms. The number of esters is 4. The maximum Gasteiger partial charge on any atom is 0.307 e. The summed E-state index contributed by atoms with van der Waals surface area (Å²) in [5, 5.41) is 0. The van der Waals surface area contributed by atoms with E-state index in [1.54, 1.807) is 13.8 Å². The molecule has 0 unspecified atom stereocenters. The quantitative estimate of drug-likeness (QED) is 0.223. The fourth-order valence-corrected chi connectivity index (χ4v) is 2.86. The molecule has 0 aliphatic heterocycles. The van der Waals surface area contributed by atoms with Crippen molar-refractivity contribution in [2.24, 2.45) is 0 Å². The Kier molecular flexibility index (Phi) is 17.2. The molecule has 0 atom stereocenters. The average molecular weight is 447 g/mol. The van der Waals surface area contributed by atoms with Gasteiger partial charge in [0.1, 0.15) is 0 Å². The number of carbonyl (C=O) groups is 4. The van der Waals surface area contributed by atoms with Crippen LogP contribution in [-0.2, 0) is 38.1 Å². The van der Waals surface area contributed by atoms with Crippen molar-refractivity contribution in [1.82, 2.24) is 9.80 Å². The Balaban J connectivity index is 4.69. The van der Waals surface area contributed by atoms with Gasteiger partial charge in [-0.1, -0.05) is 0 Å². The first-order valence-corrected chi connectivity index (χ1v) is 10.8. The van der Waals surface area contributed by atoms with Crippen LogP contribution in [0.3, 0.4) is 0 Å². The molecule has 0 aromatic rings. The number of nitrogens with zero attached hydrogens (tertiary/aromatic N) is 2. The Morgan fingerprint density at radius 3 is 1.16 bits per heavy atom. The summed E-state index contributed by atoms with van der Waals surface area (Å²) in [5.41, 5.74) is 0. The van der Waals surface area contributed by atoms with E-state index in [1.165, 1.54) is 14.2 Å². The Labute approximate surface area is 185 Å². The van der Waals surface area contributed by atoms with Gasteiger partial charge in [-0.15, -0.1) is 0 Å². The van der Waals surface area contributed by atoms with E-state index >= 15 is 0 Å². The summed E-state index contributed by atoms with van der Waals surface area (Å²) in [4.78, 5) is 50.3. The van der Waals surface area contributed by atoms with Crippen molar-refractivity contribution >= 4 is 23.9 Å². The lowest BCUT2D eigenvalue weighted by molar-refractivity contribution is -0.144. The van der Waals surface area contributed by atoms with Crippen LogP contribution in [0.2, 0.25) is 0 Å². The predicted molar refractivity (Wildman–Crippen MR) is 113 cm³/mol. The lowest BCUT2D eigenvalue weighted by Crippen LogP contribution is -2.35. The van der Waals surface area contributed by atoms with Gasteiger partial charge in [-0.05, 0) is 33.4 Å². The topological polar surface area (TPSA) is 112 Å². The van der Waals surface area contributed by atoms with Crippen LogP contribution in [0.1, 0.15) is 46.0 Å². The average Bonchev–Trinajstić information content (AvgIpc) is 2.76. The van der Waals surface area contributed by atoms with Crippen LogP contribution in [-0.4, -0.2) is 100 Å². The van der Waals surface area contributed by atoms with Crippen LogP contribution in [0.4, 0.5) is 0 Å². The van der Waals surface area contributed by atoms with Gasteiger partial charge < -0.3 is 28.7 Å². The molecule has 0 heterocycles. The summed E-state index contributed by atoms with van der Waals surface area (Å²) in [6, 6.07) is 0. The smallest absolute Gasteiger partial charge is 0.307 e. The van der Waals surface area contributed by atoms with Gasteiger partial charge >= 0.3 is 23.9 Å². The molecule has 10 heteroatoms. The largest absolute Gasteiger partial charge is 0.469 e. The highest BCUT2D eigenvalue weighted by Crippen LogP contribution is 2.04. The van der Waals surface area contributed by atoms with Crippen LogP contribution in [0, 0.1) is 0 Å². The van der Waals surface area contributed by atoms with E-state index in [1.807, 2.05) is 9.80 Å². The van der Waals surface area contributed by atoms with E-state index in [0.717, 1.165) is 6.42 Å². The molecule has 10 nitrogen and oxygen atoms in total. The SMILES string of the molecule is CCOC(=O)CCN(CCCN(CCC(=O)OC)CCC(=O)OCC)CCC(=O)OC. The van der Waals surface area contributed by atoms with Crippen LogP contribution in [0.15, 0.2) is 0 Å². The minimum absolute atomic E-state index is 0.230. The standard InChI is InChI=1S/C21H38N2O8/c1-5-30-20(26)10-16-22(14-8-18(24)28-3)12-7-13-23(15-9-19(25)29-4)17-11-21(27)31-6-2/h5-17H2,1-4H3. The lowest BCUT2D eigenvalue weighted by atomic mass is 10.2. The van der Waals surface area contributed by atoms with Crippen molar-refractivity contribution in [3.8, 4) is 0 Å². The van der Waals surface area contributed by atoms with Crippen molar-refractivity contribution in [3.63, 3.8) is 0 Å². The fraction of sp³-hybridized carbons (Fsp3) is 0.810. The molecule has 0 amide bonds. The summed E-state index contributed by atoms with van der Waals surface area (Å²) in [6.45, 7) is 7.34. The molecular formula is C21H38N2O8. The molecule has 0 aliphatic carbocycles. The maximum atomic E-state index is 11.7. The van der Waals surface area contributed by atoms with Crippen molar-refractivity contribution in [2.45, 2.75) is 46.0 Å². The van der Waals surface area contributed by atoms with E-state index in [0.29, 0.717) is 52.5 Å². The zero-order valence-corrected chi connectivity index (χ0v) is 19.4. The number of methoxy groups -OCH3 is 2. The molecule has 0 fully saturated rings. The van der Waals surface area contributed by atoms with Gasteiger partial charge in [-0.25, -0.2) is 0 Å². The highest BCUT2D eigenvalue weighted by atomic mass is 16.5. The van der Waals surface area contributed by atoms with Gasteiger partial charge in [0.2, 0.25) is 0 Å². The molecule has 0 aliphatic rings. The molecule has 0 aromatic carbocycles. The van der Waals surface area contributed by atoms with Crippen LogP contribution in [0.25, 0.3) is 0 Å². The van der Waals surface area contributed by atoms with Gasteiger partial charge in [0.05, 0.1) is 53.1 Å². The first-order valence-electron chi connectivity index (χ1n) is 10.8. The molecule has 0 rings (SSSR count). The first kappa shape index (κ1) is 28.8. The number of ether oxygens (including phenoxy) is 4. The van der Waals surface area contributed by atoms with Gasteiger partial charge in [0.15, 0.2) is 0 Å². The van der Waals surface area contributed by atoms with E-state index in [-0.39, 0.29) is 49.6 Å².